The van der Waals surface area contributed by atoms with Gasteiger partial charge in [0.25, 0.3) is 10.2 Å². The van der Waals surface area contributed by atoms with Crippen molar-refractivity contribution in [3.05, 3.63) is 0 Å². The van der Waals surface area contributed by atoms with Crippen LogP contribution in [0.4, 0.5) is 0 Å². The monoisotopic (exact) mass is 294 g/mol. The summed E-state index contributed by atoms with van der Waals surface area (Å²) in [5.74, 6) is -2.54. The van der Waals surface area contributed by atoms with E-state index < -0.39 is 34.6 Å². The van der Waals surface area contributed by atoms with Crippen molar-refractivity contribution in [2.45, 2.75) is 38.1 Å². The molecule has 8 nitrogen and oxygen atoms in total. The van der Waals surface area contributed by atoms with Crippen LogP contribution >= 0.6 is 0 Å². The maximum Gasteiger partial charge on any atom is 0.321 e. The van der Waals surface area contributed by atoms with Crippen LogP contribution in [0.3, 0.4) is 0 Å². The lowest BCUT2D eigenvalue weighted by atomic mass is 10.2. The van der Waals surface area contributed by atoms with Gasteiger partial charge in [-0.15, -0.1) is 0 Å². The van der Waals surface area contributed by atoms with Crippen molar-refractivity contribution in [2.75, 3.05) is 13.1 Å². The molecule has 0 spiro atoms. The topological polar surface area (TPSA) is 124 Å². The predicted octanol–water partition coefficient (Wildman–Crippen LogP) is -0.375. The van der Waals surface area contributed by atoms with E-state index in [9.17, 15) is 18.0 Å². The summed E-state index contributed by atoms with van der Waals surface area (Å²) in [6.45, 7) is 0.723. The molecule has 0 aliphatic carbocycles. The fraction of sp³-hybridized carbons (Fsp3) is 0.800. The van der Waals surface area contributed by atoms with E-state index in [-0.39, 0.29) is 6.42 Å². The van der Waals surface area contributed by atoms with Crippen LogP contribution in [0.15, 0.2) is 0 Å². The molecule has 1 atom stereocenters. The number of nitrogens with one attached hydrogen (secondary N) is 1. The minimum absolute atomic E-state index is 0.280. The SMILES string of the molecule is O=C(O)CC[C@H](NS(=O)(=O)N1CCCCC1)C(=O)O. The number of nitrogens with zero attached hydrogens (tertiary/aromatic N) is 1. The zero-order chi connectivity index (χ0) is 14.5. The first kappa shape index (κ1) is 15.9. The molecular formula is C10H18N2O6S. The second-order valence-electron chi connectivity index (χ2n) is 4.41. The van der Waals surface area contributed by atoms with E-state index in [4.69, 9.17) is 10.2 Å². The summed E-state index contributed by atoms with van der Waals surface area (Å²) >= 11 is 0. The van der Waals surface area contributed by atoms with E-state index in [2.05, 4.69) is 4.72 Å². The van der Waals surface area contributed by atoms with Crippen molar-refractivity contribution >= 4 is 22.1 Å². The first-order valence-electron chi connectivity index (χ1n) is 6.05. The van der Waals surface area contributed by atoms with E-state index in [0.29, 0.717) is 13.1 Å². The summed E-state index contributed by atoms with van der Waals surface area (Å²) in [5.41, 5.74) is 0. The maximum atomic E-state index is 11.9. The Hall–Kier alpha value is -1.19. The first-order chi connectivity index (χ1) is 8.83. The molecule has 9 heteroatoms. The number of aliphatic carboxylic acids is 2. The fourth-order valence-corrected chi connectivity index (χ4v) is 3.33. The van der Waals surface area contributed by atoms with Gasteiger partial charge in [-0.25, -0.2) is 0 Å². The molecule has 0 unspecified atom stereocenters. The molecule has 1 rings (SSSR count). The Morgan fingerprint density at radius 1 is 1.16 bits per heavy atom. The molecule has 1 saturated heterocycles. The summed E-state index contributed by atoms with van der Waals surface area (Å²) in [6, 6.07) is -1.41. The highest BCUT2D eigenvalue weighted by Crippen LogP contribution is 2.13. The van der Waals surface area contributed by atoms with Gasteiger partial charge in [0.15, 0.2) is 0 Å². The third kappa shape index (κ3) is 5.13. The Balaban J connectivity index is 2.65. The van der Waals surface area contributed by atoms with E-state index in [1.165, 1.54) is 4.31 Å². The number of carbonyl (C=O) groups is 2. The van der Waals surface area contributed by atoms with E-state index in [1.807, 2.05) is 0 Å². The average molecular weight is 294 g/mol. The third-order valence-electron chi connectivity index (χ3n) is 2.89. The van der Waals surface area contributed by atoms with Crippen LogP contribution in [0.25, 0.3) is 0 Å². The second-order valence-corrected chi connectivity index (χ2v) is 6.11. The van der Waals surface area contributed by atoms with Crippen LogP contribution in [-0.2, 0) is 19.8 Å². The van der Waals surface area contributed by atoms with Crippen LogP contribution in [0.5, 0.6) is 0 Å². The van der Waals surface area contributed by atoms with Crippen LogP contribution in [0.2, 0.25) is 0 Å². The van der Waals surface area contributed by atoms with Gasteiger partial charge in [0.2, 0.25) is 0 Å². The lowest BCUT2D eigenvalue weighted by Crippen LogP contribution is -2.49. The highest BCUT2D eigenvalue weighted by Gasteiger charge is 2.29. The molecule has 19 heavy (non-hydrogen) atoms. The molecule has 1 heterocycles. The van der Waals surface area contributed by atoms with Crippen LogP contribution in [0.1, 0.15) is 32.1 Å². The van der Waals surface area contributed by atoms with Crippen molar-refractivity contribution < 1.29 is 28.2 Å². The molecule has 1 aliphatic rings. The smallest absolute Gasteiger partial charge is 0.321 e. The minimum Gasteiger partial charge on any atom is -0.481 e. The molecule has 3 N–H and O–H groups in total. The summed E-state index contributed by atoms with van der Waals surface area (Å²) < 4.78 is 27.2. The van der Waals surface area contributed by atoms with Gasteiger partial charge in [-0.2, -0.15) is 17.4 Å². The predicted molar refractivity (Wildman–Crippen MR) is 65.8 cm³/mol. The molecular weight excluding hydrogens is 276 g/mol. The molecule has 0 aromatic carbocycles. The standard InChI is InChI=1S/C10H18N2O6S/c13-9(14)5-4-8(10(15)16)11-19(17,18)12-6-2-1-3-7-12/h8,11H,1-7H2,(H,13,14)(H,15,16)/t8-/m0/s1. The molecule has 0 bridgehead atoms. The van der Waals surface area contributed by atoms with Crippen LogP contribution in [-0.4, -0.2) is 54.0 Å². The Labute approximate surface area is 111 Å². The van der Waals surface area contributed by atoms with Crippen LogP contribution < -0.4 is 4.72 Å². The summed E-state index contributed by atoms with van der Waals surface area (Å²) in [7, 11) is -3.87. The normalized spacial score (nSPS) is 18.9. The molecule has 0 radical (unpaired) electrons. The largest absolute Gasteiger partial charge is 0.481 e. The quantitative estimate of drug-likeness (QED) is 0.588. The van der Waals surface area contributed by atoms with Crippen molar-refractivity contribution in [1.82, 2.24) is 9.03 Å². The maximum absolute atomic E-state index is 11.9. The van der Waals surface area contributed by atoms with Gasteiger partial charge < -0.3 is 10.2 Å². The van der Waals surface area contributed by atoms with E-state index in [0.717, 1.165) is 19.3 Å². The van der Waals surface area contributed by atoms with Crippen molar-refractivity contribution in [2.24, 2.45) is 0 Å². The summed E-state index contributed by atoms with van der Waals surface area (Å²) in [4.78, 5) is 21.3. The number of hydrogen-bond donors (Lipinski definition) is 3. The summed E-state index contributed by atoms with van der Waals surface area (Å²) in [5, 5.41) is 17.4. The van der Waals surface area contributed by atoms with Crippen LogP contribution in [0, 0.1) is 0 Å². The molecule has 0 aromatic rings. The molecule has 0 saturated carbocycles. The fourth-order valence-electron chi connectivity index (χ4n) is 1.86. The van der Waals surface area contributed by atoms with Gasteiger partial charge in [-0.05, 0) is 19.3 Å². The Morgan fingerprint density at radius 3 is 2.21 bits per heavy atom. The van der Waals surface area contributed by atoms with Gasteiger partial charge in [0, 0.05) is 19.5 Å². The second kappa shape index (κ2) is 6.83. The Bertz CT molecular complexity index is 429. The van der Waals surface area contributed by atoms with E-state index >= 15 is 0 Å². The van der Waals surface area contributed by atoms with E-state index in [1.54, 1.807) is 0 Å². The van der Waals surface area contributed by atoms with Gasteiger partial charge in [-0.1, -0.05) is 6.42 Å². The number of rotatable bonds is 7. The molecule has 1 aliphatic heterocycles. The lowest BCUT2D eigenvalue weighted by Gasteiger charge is -2.27. The number of piperidine rings is 1. The Kier molecular flexibility index (Phi) is 5.70. The number of carboxylic acids is 2. The van der Waals surface area contributed by atoms with Gasteiger partial charge in [0.05, 0.1) is 0 Å². The summed E-state index contributed by atoms with van der Waals surface area (Å²) in [6.07, 6.45) is 1.76. The average Bonchev–Trinajstić information content (AvgIpc) is 2.35. The zero-order valence-electron chi connectivity index (χ0n) is 10.4. The first-order valence-corrected chi connectivity index (χ1v) is 7.49. The van der Waals surface area contributed by atoms with Gasteiger partial charge in [-0.3, -0.25) is 9.59 Å². The number of carboxylic acid groups (broad SMARTS) is 2. The number of hydrogen-bond acceptors (Lipinski definition) is 4. The van der Waals surface area contributed by atoms with Crippen molar-refractivity contribution in [3.8, 4) is 0 Å². The zero-order valence-corrected chi connectivity index (χ0v) is 11.2. The minimum atomic E-state index is -3.87. The Morgan fingerprint density at radius 2 is 1.74 bits per heavy atom. The third-order valence-corrected chi connectivity index (χ3v) is 4.52. The van der Waals surface area contributed by atoms with Gasteiger partial charge >= 0.3 is 11.9 Å². The molecule has 0 aromatic heterocycles. The van der Waals surface area contributed by atoms with Crippen molar-refractivity contribution in [3.63, 3.8) is 0 Å². The molecule has 1 fully saturated rings. The lowest BCUT2D eigenvalue weighted by molar-refractivity contribution is -0.140. The van der Waals surface area contributed by atoms with Crippen molar-refractivity contribution in [1.29, 1.82) is 0 Å². The molecule has 0 amide bonds. The molecule has 110 valence electrons. The highest BCUT2D eigenvalue weighted by molar-refractivity contribution is 7.87. The van der Waals surface area contributed by atoms with Gasteiger partial charge in [0.1, 0.15) is 6.04 Å². The highest BCUT2D eigenvalue weighted by atomic mass is 32.2.